The molecule has 0 radical (unpaired) electrons. The van der Waals surface area contributed by atoms with E-state index in [1.54, 1.807) is 0 Å². The van der Waals surface area contributed by atoms with Gasteiger partial charge >= 0.3 is 0 Å². The fourth-order valence-electron chi connectivity index (χ4n) is 1.34. The van der Waals surface area contributed by atoms with Crippen LogP contribution in [0, 0.1) is 0 Å². The van der Waals surface area contributed by atoms with Crippen LogP contribution >= 0.6 is 0 Å². The molecule has 1 fully saturated rings. The Morgan fingerprint density at radius 2 is 2.36 bits per heavy atom. The Hall–Kier alpha value is -1.63. The molecule has 5 N–H and O–H groups in total. The van der Waals surface area contributed by atoms with Crippen molar-refractivity contribution in [1.29, 1.82) is 0 Å². The standard InChI is InChI=1S/C7H11N5O2/c8-7-10-5(11-12-7)6(14)9-3-1-4(13)2-3/h3-4,13H,1-2H2,(H,9,14)(H3,8,10,11,12). The number of anilines is 1. The van der Waals surface area contributed by atoms with Crippen molar-refractivity contribution in [2.75, 3.05) is 5.73 Å². The fourth-order valence-corrected chi connectivity index (χ4v) is 1.34. The van der Waals surface area contributed by atoms with Gasteiger partial charge in [0.1, 0.15) is 0 Å². The topological polar surface area (TPSA) is 117 Å². The van der Waals surface area contributed by atoms with Crippen LogP contribution in [0.4, 0.5) is 5.95 Å². The number of hydrogen-bond acceptors (Lipinski definition) is 5. The molecule has 14 heavy (non-hydrogen) atoms. The van der Waals surface area contributed by atoms with E-state index in [4.69, 9.17) is 10.8 Å². The maximum Gasteiger partial charge on any atom is 0.288 e. The van der Waals surface area contributed by atoms with Crippen LogP contribution in [-0.2, 0) is 0 Å². The molecule has 0 atom stereocenters. The average Bonchev–Trinajstić information content (AvgIpc) is 2.49. The lowest BCUT2D eigenvalue weighted by Crippen LogP contribution is -2.47. The SMILES string of the molecule is Nc1n[nH]c(C(=O)NC2CC(O)C2)n1. The maximum absolute atomic E-state index is 11.4. The van der Waals surface area contributed by atoms with Gasteiger partial charge in [-0.1, -0.05) is 0 Å². The van der Waals surface area contributed by atoms with Gasteiger partial charge in [0.15, 0.2) is 0 Å². The minimum atomic E-state index is -0.342. The van der Waals surface area contributed by atoms with Crippen LogP contribution < -0.4 is 11.1 Å². The van der Waals surface area contributed by atoms with Gasteiger partial charge in [-0.25, -0.2) is 0 Å². The third kappa shape index (κ3) is 1.67. The van der Waals surface area contributed by atoms with Crippen LogP contribution in [0.25, 0.3) is 0 Å². The summed E-state index contributed by atoms with van der Waals surface area (Å²) in [4.78, 5) is 15.1. The first-order valence-electron chi connectivity index (χ1n) is 4.32. The van der Waals surface area contributed by atoms with Crippen LogP contribution in [0.1, 0.15) is 23.5 Å². The van der Waals surface area contributed by atoms with Gasteiger partial charge in [0.2, 0.25) is 11.8 Å². The summed E-state index contributed by atoms with van der Waals surface area (Å²) in [5, 5.41) is 17.6. The highest BCUT2D eigenvalue weighted by molar-refractivity contribution is 5.90. The lowest BCUT2D eigenvalue weighted by Gasteiger charge is -2.31. The molecule has 1 aromatic rings. The van der Waals surface area contributed by atoms with E-state index >= 15 is 0 Å². The molecule has 1 heterocycles. The molecule has 1 aromatic heterocycles. The first-order valence-corrected chi connectivity index (χ1v) is 4.32. The quantitative estimate of drug-likeness (QED) is 0.467. The summed E-state index contributed by atoms with van der Waals surface area (Å²) >= 11 is 0. The van der Waals surface area contributed by atoms with Crippen molar-refractivity contribution in [1.82, 2.24) is 20.5 Å². The summed E-state index contributed by atoms with van der Waals surface area (Å²) in [5.74, 6) is -0.196. The second kappa shape index (κ2) is 3.26. The molecule has 0 aliphatic heterocycles. The van der Waals surface area contributed by atoms with Crippen LogP contribution in [0.15, 0.2) is 0 Å². The number of carbonyl (C=O) groups is 1. The number of rotatable bonds is 2. The van der Waals surface area contributed by atoms with Crippen molar-refractivity contribution in [3.05, 3.63) is 5.82 Å². The number of amides is 1. The van der Waals surface area contributed by atoms with Crippen molar-refractivity contribution in [2.24, 2.45) is 0 Å². The van der Waals surface area contributed by atoms with Crippen molar-refractivity contribution in [3.63, 3.8) is 0 Å². The second-order valence-electron chi connectivity index (χ2n) is 3.34. The molecule has 7 nitrogen and oxygen atoms in total. The van der Waals surface area contributed by atoms with Crippen LogP contribution in [0.5, 0.6) is 0 Å². The molecule has 0 aromatic carbocycles. The summed E-state index contributed by atoms with van der Waals surface area (Å²) in [6.07, 6.45) is 0.894. The molecule has 0 bridgehead atoms. The fraction of sp³-hybridized carbons (Fsp3) is 0.571. The van der Waals surface area contributed by atoms with E-state index in [0.29, 0.717) is 12.8 Å². The zero-order chi connectivity index (χ0) is 10.1. The highest BCUT2D eigenvalue weighted by Gasteiger charge is 2.29. The second-order valence-corrected chi connectivity index (χ2v) is 3.34. The molecule has 0 saturated heterocycles. The number of nitrogens with zero attached hydrogens (tertiary/aromatic N) is 2. The number of nitrogens with two attached hydrogens (primary N) is 1. The average molecular weight is 197 g/mol. The number of nitrogens with one attached hydrogen (secondary N) is 2. The van der Waals surface area contributed by atoms with E-state index < -0.39 is 0 Å². The summed E-state index contributed by atoms with van der Waals surface area (Å²) in [6, 6.07) is 0.0313. The Balaban J connectivity index is 1.90. The summed E-state index contributed by atoms with van der Waals surface area (Å²) in [5.41, 5.74) is 5.24. The Labute approximate surface area is 79.7 Å². The Bertz CT molecular complexity index is 344. The Morgan fingerprint density at radius 1 is 1.64 bits per heavy atom. The van der Waals surface area contributed by atoms with Gasteiger partial charge < -0.3 is 16.2 Å². The molecule has 0 unspecified atom stereocenters. The van der Waals surface area contributed by atoms with Gasteiger partial charge in [0.05, 0.1) is 6.10 Å². The first-order chi connectivity index (χ1) is 6.65. The van der Waals surface area contributed by atoms with Crippen LogP contribution in [0.3, 0.4) is 0 Å². The highest BCUT2D eigenvalue weighted by Crippen LogP contribution is 2.19. The minimum absolute atomic E-state index is 0.0313. The van der Waals surface area contributed by atoms with Crippen LogP contribution in [-0.4, -0.2) is 38.3 Å². The number of aliphatic hydroxyl groups excluding tert-OH is 1. The summed E-state index contributed by atoms with van der Waals surface area (Å²) in [7, 11) is 0. The molecule has 7 heteroatoms. The Kier molecular flexibility index (Phi) is 2.08. The molecule has 1 aliphatic carbocycles. The maximum atomic E-state index is 11.4. The smallest absolute Gasteiger partial charge is 0.288 e. The third-order valence-corrected chi connectivity index (χ3v) is 2.17. The monoisotopic (exact) mass is 197 g/mol. The van der Waals surface area contributed by atoms with Crippen molar-refractivity contribution < 1.29 is 9.90 Å². The predicted molar refractivity (Wildman–Crippen MR) is 47.3 cm³/mol. The first kappa shape index (κ1) is 8.95. The molecular formula is C7H11N5O2. The van der Waals surface area contributed by atoms with E-state index in [0.717, 1.165) is 0 Å². The van der Waals surface area contributed by atoms with Crippen molar-refractivity contribution >= 4 is 11.9 Å². The minimum Gasteiger partial charge on any atom is -0.393 e. The van der Waals surface area contributed by atoms with E-state index in [-0.39, 0.29) is 29.8 Å². The predicted octanol–water partition coefficient (Wildman–Crippen LogP) is -1.36. The van der Waals surface area contributed by atoms with Gasteiger partial charge in [0.25, 0.3) is 5.91 Å². The number of hydrogen-bond donors (Lipinski definition) is 4. The third-order valence-electron chi connectivity index (χ3n) is 2.17. The zero-order valence-corrected chi connectivity index (χ0v) is 7.40. The summed E-state index contributed by atoms with van der Waals surface area (Å²) in [6.45, 7) is 0. The molecule has 1 amide bonds. The van der Waals surface area contributed by atoms with E-state index in [1.807, 2.05) is 0 Å². The highest BCUT2D eigenvalue weighted by atomic mass is 16.3. The number of aromatic amines is 1. The largest absolute Gasteiger partial charge is 0.393 e. The number of H-pyrrole nitrogens is 1. The molecular weight excluding hydrogens is 186 g/mol. The summed E-state index contributed by atoms with van der Waals surface area (Å²) < 4.78 is 0. The molecule has 76 valence electrons. The van der Waals surface area contributed by atoms with E-state index in [2.05, 4.69) is 20.5 Å². The van der Waals surface area contributed by atoms with Gasteiger partial charge in [0, 0.05) is 6.04 Å². The van der Waals surface area contributed by atoms with E-state index in [9.17, 15) is 4.79 Å². The number of nitrogen functional groups attached to an aromatic ring is 1. The van der Waals surface area contributed by atoms with Crippen molar-refractivity contribution in [3.8, 4) is 0 Å². The zero-order valence-electron chi connectivity index (χ0n) is 7.40. The molecule has 2 rings (SSSR count). The normalized spacial score (nSPS) is 25.5. The lowest BCUT2D eigenvalue weighted by molar-refractivity contribution is 0.0558. The van der Waals surface area contributed by atoms with Gasteiger partial charge in [-0.15, -0.1) is 5.10 Å². The van der Waals surface area contributed by atoms with E-state index in [1.165, 1.54) is 0 Å². The number of aromatic nitrogens is 3. The number of aliphatic hydroxyl groups is 1. The molecule has 1 saturated carbocycles. The number of carbonyl (C=O) groups excluding carboxylic acids is 1. The Morgan fingerprint density at radius 3 is 2.86 bits per heavy atom. The van der Waals surface area contributed by atoms with Gasteiger partial charge in [-0.05, 0) is 12.8 Å². The van der Waals surface area contributed by atoms with Gasteiger partial charge in [-0.3, -0.25) is 9.89 Å². The van der Waals surface area contributed by atoms with Crippen molar-refractivity contribution in [2.45, 2.75) is 25.0 Å². The van der Waals surface area contributed by atoms with Gasteiger partial charge in [-0.2, -0.15) is 4.98 Å². The molecule has 0 spiro atoms. The van der Waals surface area contributed by atoms with Crippen LogP contribution in [0.2, 0.25) is 0 Å². The lowest BCUT2D eigenvalue weighted by atomic mass is 9.89. The molecule has 1 aliphatic rings.